The maximum absolute atomic E-state index is 13.0. The Morgan fingerprint density at radius 3 is 2.35 bits per heavy atom. The third kappa shape index (κ3) is 3.57. The van der Waals surface area contributed by atoms with Crippen LogP contribution >= 0.6 is 0 Å². The lowest BCUT2D eigenvalue weighted by Crippen LogP contribution is -2.14. The molecule has 0 aliphatic carbocycles. The van der Waals surface area contributed by atoms with E-state index < -0.39 is 5.97 Å². The Morgan fingerprint density at radius 2 is 1.52 bits per heavy atom. The number of benzene rings is 3. The molecule has 31 heavy (non-hydrogen) atoms. The molecule has 5 nitrogen and oxygen atoms in total. The summed E-state index contributed by atoms with van der Waals surface area (Å²) < 4.78 is 5.43. The van der Waals surface area contributed by atoms with E-state index in [1.165, 1.54) is 0 Å². The van der Waals surface area contributed by atoms with Crippen molar-refractivity contribution in [1.82, 2.24) is 9.97 Å². The van der Waals surface area contributed by atoms with Gasteiger partial charge in [0, 0.05) is 33.6 Å². The SMILES string of the molecule is O=C(OCC(=O)c1c[nH]c2ccccc12)c1cc(-c2ccccc2)nc2ccccc12. The van der Waals surface area contributed by atoms with Crippen molar-refractivity contribution in [2.75, 3.05) is 6.61 Å². The Morgan fingerprint density at radius 1 is 0.806 bits per heavy atom. The van der Waals surface area contributed by atoms with E-state index in [0.717, 1.165) is 16.5 Å². The first-order valence-corrected chi connectivity index (χ1v) is 9.92. The summed E-state index contributed by atoms with van der Waals surface area (Å²) in [6.45, 7) is -0.335. The van der Waals surface area contributed by atoms with Crippen LogP contribution in [0.5, 0.6) is 0 Å². The molecule has 2 heterocycles. The fourth-order valence-electron chi connectivity index (χ4n) is 3.69. The summed E-state index contributed by atoms with van der Waals surface area (Å²) in [7, 11) is 0. The lowest BCUT2D eigenvalue weighted by molar-refractivity contribution is 0.0477. The summed E-state index contributed by atoms with van der Waals surface area (Å²) in [6, 6.07) is 26.3. The van der Waals surface area contributed by atoms with E-state index in [1.807, 2.05) is 78.9 Å². The van der Waals surface area contributed by atoms with Crippen LogP contribution in [0.15, 0.2) is 91.1 Å². The highest BCUT2D eigenvalue weighted by molar-refractivity contribution is 6.10. The lowest BCUT2D eigenvalue weighted by Gasteiger charge is -2.10. The van der Waals surface area contributed by atoms with Crippen molar-refractivity contribution in [1.29, 1.82) is 0 Å². The van der Waals surface area contributed by atoms with Gasteiger partial charge in [0.2, 0.25) is 5.78 Å². The predicted octanol–water partition coefficient (Wildman–Crippen LogP) is 5.42. The summed E-state index contributed by atoms with van der Waals surface area (Å²) in [6.07, 6.45) is 1.65. The number of aromatic nitrogens is 2. The van der Waals surface area contributed by atoms with Gasteiger partial charge >= 0.3 is 5.97 Å². The molecule has 3 aromatic carbocycles. The minimum atomic E-state index is -0.552. The van der Waals surface area contributed by atoms with Crippen LogP contribution in [0.2, 0.25) is 0 Å². The quantitative estimate of drug-likeness (QED) is 0.312. The molecule has 0 saturated heterocycles. The van der Waals surface area contributed by atoms with E-state index >= 15 is 0 Å². The number of H-pyrrole nitrogens is 1. The topological polar surface area (TPSA) is 72.1 Å². The van der Waals surface area contributed by atoms with Crippen molar-refractivity contribution in [3.05, 3.63) is 102 Å². The standard InChI is InChI=1S/C26H18N2O3/c29-25(21-15-27-22-12-6-4-11-19(21)22)16-31-26(30)20-14-24(17-8-2-1-3-9-17)28-23-13-7-5-10-18(20)23/h1-15,27H,16H2. The van der Waals surface area contributed by atoms with Gasteiger partial charge in [-0.3, -0.25) is 4.79 Å². The molecule has 1 N–H and O–H groups in total. The fraction of sp³-hybridized carbons (Fsp3) is 0.0385. The zero-order valence-electron chi connectivity index (χ0n) is 16.5. The van der Waals surface area contributed by atoms with Crippen LogP contribution in [-0.4, -0.2) is 28.3 Å². The Hall–Kier alpha value is -4.25. The Bertz CT molecular complexity index is 1420. The number of hydrogen-bond acceptors (Lipinski definition) is 4. The highest BCUT2D eigenvalue weighted by atomic mass is 16.5. The summed E-state index contributed by atoms with van der Waals surface area (Å²) in [5.74, 6) is -0.809. The van der Waals surface area contributed by atoms with Crippen molar-refractivity contribution in [3.8, 4) is 11.3 Å². The number of fused-ring (bicyclic) bond motifs is 2. The number of carbonyl (C=O) groups excluding carboxylic acids is 2. The van der Waals surface area contributed by atoms with Crippen molar-refractivity contribution in [2.24, 2.45) is 0 Å². The molecule has 0 unspecified atom stereocenters. The molecule has 0 fully saturated rings. The molecule has 0 radical (unpaired) electrons. The van der Waals surface area contributed by atoms with Crippen LogP contribution in [0.25, 0.3) is 33.1 Å². The second-order valence-corrected chi connectivity index (χ2v) is 7.19. The van der Waals surface area contributed by atoms with Crippen molar-refractivity contribution < 1.29 is 14.3 Å². The number of para-hydroxylation sites is 2. The number of nitrogens with one attached hydrogen (secondary N) is 1. The molecular weight excluding hydrogens is 388 g/mol. The van der Waals surface area contributed by atoms with Crippen LogP contribution in [-0.2, 0) is 4.74 Å². The molecule has 0 saturated carbocycles. The number of rotatable bonds is 5. The molecule has 5 aromatic rings. The van der Waals surface area contributed by atoms with Gasteiger partial charge in [0.05, 0.1) is 16.8 Å². The average molecular weight is 406 g/mol. The summed E-state index contributed by atoms with van der Waals surface area (Å²) in [4.78, 5) is 33.4. The number of nitrogens with zero attached hydrogens (tertiary/aromatic N) is 1. The number of ether oxygens (including phenoxy) is 1. The molecule has 0 spiro atoms. The summed E-state index contributed by atoms with van der Waals surface area (Å²) >= 11 is 0. The largest absolute Gasteiger partial charge is 0.454 e. The molecule has 0 aliphatic heterocycles. The maximum atomic E-state index is 13.0. The number of ketones is 1. The first kappa shape index (κ1) is 18.8. The van der Waals surface area contributed by atoms with Crippen LogP contribution < -0.4 is 0 Å². The van der Waals surface area contributed by atoms with Gasteiger partial charge in [-0.05, 0) is 18.2 Å². The van der Waals surface area contributed by atoms with E-state index in [9.17, 15) is 9.59 Å². The fourth-order valence-corrected chi connectivity index (χ4v) is 3.69. The Kier molecular flexibility index (Phi) is 4.77. The monoisotopic (exact) mass is 406 g/mol. The Balaban J connectivity index is 1.44. The zero-order valence-corrected chi connectivity index (χ0v) is 16.5. The van der Waals surface area contributed by atoms with Gasteiger partial charge in [-0.25, -0.2) is 9.78 Å². The summed E-state index contributed by atoms with van der Waals surface area (Å²) in [5, 5.41) is 1.50. The molecule has 2 aromatic heterocycles. The minimum Gasteiger partial charge on any atom is -0.454 e. The molecule has 0 atom stereocenters. The van der Waals surface area contributed by atoms with Gasteiger partial charge in [0.25, 0.3) is 0 Å². The Labute approximate surface area is 178 Å². The van der Waals surface area contributed by atoms with E-state index in [2.05, 4.69) is 9.97 Å². The molecule has 0 aliphatic rings. The van der Waals surface area contributed by atoms with Crippen LogP contribution in [0.3, 0.4) is 0 Å². The van der Waals surface area contributed by atoms with Crippen molar-refractivity contribution in [2.45, 2.75) is 0 Å². The minimum absolute atomic E-state index is 0.257. The van der Waals surface area contributed by atoms with E-state index in [1.54, 1.807) is 12.3 Å². The van der Waals surface area contributed by atoms with E-state index in [4.69, 9.17) is 4.74 Å². The van der Waals surface area contributed by atoms with Crippen LogP contribution in [0, 0.1) is 0 Å². The first-order chi connectivity index (χ1) is 15.2. The average Bonchev–Trinajstić information content (AvgIpc) is 3.26. The van der Waals surface area contributed by atoms with E-state index in [0.29, 0.717) is 27.7 Å². The predicted molar refractivity (Wildman–Crippen MR) is 120 cm³/mol. The van der Waals surface area contributed by atoms with Crippen LogP contribution in [0.4, 0.5) is 0 Å². The number of carbonyl (C=O) groups is 2. The van der Waals surface area contributed by atoms with Gasteiger partial charge in [-0.2, -0.15) is 0 Å². The maximum Gasteiger partial charge on any atom is 0.339 e. The van der Waals surface area contributed by atoms with E-state index in [-0.39, 0.29) is 12.4 Å². The van der Waals surface area contributed by atoms with Gasteiger partial charge in [-0.15, -0.1) is 0 Å². The molecule has 0 bridgehead atoms. The molecule has 150 valence electrons. The third-order valence-corrected chi connectivity index (χ3v) is 5.23. The smallest absolute Gasteiger partial charge is 0.339 e. The van der Waals surface area contributed by atoms with Crippen molar-refractivity contribution in [3.63, 3.8) is 0 Å². The number of Topliss-reactive ketones (excluding diaryl/α,β-unsaturated/α-hetero) is 1. The highest BCUT2D eigenvalue weighted by Gasteiger charge is 2.18. The van der Waals surface area contributed by atoms with Crippen molar-refractivity contribution >= 4 is 33.6 Å². The highest BCUT2D eigenvalue weighted by Crippen LogP contribution is 2.25. The third-order valence-electron chi connectivity index (χ3n) is 5.23. The molecule has 5 heteroatoms. The number of aromatic amines is 1. The lowest BCUT2D eigenvalue weighted by atomic mass is 10.0. The van der Waals surface area contributed by atoms with Gasteiger partial charge < -0.3 is 9.72 Å². The van der Waals surface area contributed by atoms with Gasteiger partial charge in [0.1, 0.15) is 0 Å². The zero-order chi connectivity index (χ0) is 21.2. The first-order valence-electron chi connectivity index (χ1n) is 9.92. The number of hydrogen-bond donors (Lipinski definition) is 1. The van der Waals surface area contributed by atoms with Gasteiger partial charge in [0.15, 0.2) is 6.61 Å². The van der Waals surface area contributed by atoms with Crippen LogP contribution in [0.1, 0.15) is 20.7 Å². The molecule has 0 amide bonds. The second-order valence-electron chi connectivity index (χ2n) is 7.19. The van der Waals surface area contributed by atoms with Gasteiger partial charge in [-0.1, -0.05) is 66.7 Å². The molecular formula is C26H18N2O3. The second kappa shape index (κ2) is 7.88. The molecule has 5 rings (SSSR count). The normalized spacial score (nSPS) is 11.0. The number of esters is 1. The summed E-state index contributed by atoms with van der Waals surface area (Å²) in [5.41, 5.74) is 4.03. The number of pyridine rings is 1.